The van der Waals surface area contributed by atoms with Gasteiger partial charge in [-0.05, 0) is 62.7 Å². The fraction of sp³-hybridized carbons (Fsp3) is 0.533. The van der Waals surface area contributed by atoms with E-state index < -0.39 is 0 Å². The van der Waals surface area contributed by atoms with Crippen LogP contribution in [0.3, 0.4) is 0 Å². The number of ether oxygens (including phenoxy) is 3. The summed E-state index contributed by atoms with van der Waals surface area (Å²) in [5.74, 6) is 0.710. The highest BCUT2D eigenvalue weighted by molar-refractivity contribution is 6.06. The van der Waals surface area contributed by atoms with Crippen molar-refractivity contribution < 1.29 is 23.8 Å². The maximum Gasteiger partial charge on any atom is 0.255 e. The molecule has 204 valence electrons. The van der Waals surface area contributed by atoms with E-state index in [2.05, 4.69) is 17.6 Å². The molecule has 2 N–H and O–H groups in total. The molecule has 0 unspecified atom stereocenters. The minimum atomic E-state index is -0.292. The van der Waals surface area contributed by atoms with Crippen molar-refractivity contribution in [3.8, 4) is 11.5 Å². The molecule has 2 rings (SSSR count). The third kappa shape index (κ3) is 11.7. The van der Waals surface area contributed by atoms with Gasteiger partial charge >= 0.3 is 0 Å². The van der Waals surface area contributed by atoms with Gasteiger partial charge in [-0.1, -0.05) is 51.9 Å². The maximum absolute atomic E-state index is 13.0. The van der Waals surface area contributed by atoms with E-state index in [9.17, 15) is 9.59 Å². The first kappa shape index (κ1) is 30.2. The minimum Gasteiger partial charge on any atom is -0.494 e. The zero-order chi connectivity index (χ0) is 26.9. The SMILES string of the molecule is CCCCCCCCCCOc1ccc(C(=O)Nc2cc(C(=O)NCCOC)ccc2OC(C)C)cc1. The lowest BCUT2D eigenvalue weighted by atomic mass is 10.1. The highest BCUT2D eigenvalue weighted by Gasteiger charge is 2.15. The number of anilines is 1. The van der Waals surface area contributed by atoms with Gasteiger partial charge in [0.15, 0.2) is 0 Å². The number of nitrogens with one attached hydrogen (secondary N) is 2. The number of unbranched alkanes of at least 4 members (excludes halogenated alkanes) is 7. The zero-order valence-corrected chi connectivity index (χ0v) is 22.9. The molecule has 0 heterocycles. The summed E-state index contributed by atoms with van der Waals surface area (Å²) in [7, 11) is 1.58. The van der Waals surface area contributed by atoms with Crippen molar-refractivity contribution in [3.63, 3.8) is 0 Å². The monoisotopic (exact) mass is 512 g/mol. The molecule has 0 atom stereocenters. The van der Waals surface area contributed by atoms with Gasteiger partial charge in [0.1, 0.15) is 11.5 Å². The largest absolute Gasteiger partial charge is 0.494 e. The third-order valence-corrected chi connectivity index (χ3v) is 5.83. The molecule has 0 aliphatic rings. The molecule has 37 heavy (non-hydrogen) atoms. The van der Waals surface area contributed by atoms with E-state index in [1.165, 1.54) is 44.9 Å². The quantitative estimate of drug-likeness (QED) is 0.219. The molecule has 2 amide bonds. The average molecular weight is 513 g/mol. The molecule has 0 spiro atoms. The Bertz CT molecular complexity index is 943. The molecular formula is C30H44N2O5. The predicted molar refractivity (Wildman–Crippen MR) is 149 cm³/mol. The Morgan fingerprint density at radius 2 is 1.46 bits per heavy atom. The van der Waals surface area contributed by atoms with Crippen molar-refractivity contribution >= 4 is 17.5 Å². The van der Waals surface area contributed by atoms with E-state index >= 15 is 0 Å². The lowest BCUT2D eigenvalue weighted by Crippen LogP contribution is -2.27. The Balaban J connectivity index is 1.91. The summed E-state index contributed by atoms with van der Waals surface area (Å²) < 4.78 is 16.7. The number of carbonyl (C=O) groups excluding carboxylic acids is 2. The topological polar surface area (TPSA) is 85.9 Å². The lowest BCUT2D eigenvalue weighted by Gasteiger charge is -2.16. The lowest BCUT2D eigenvalue weighted by molar-refractivity contribution is 0.0936. The molecule has 0 saturated carbocycles. The number of hydrogen-bond acceptors (Lipinski definition) is 5. The second kappa shape index (κ2) is 17.4. The summed E-state index contributed by atoms with van der Waals surface area (Å²) in [6.45, 7) is 7.54. The van der Waals surface area contributed by atoms with Crippen LogP contribution < -0.4 is 20.1 Å². The Morgan fingerprint density at radius 1 is 0.811 bits per heavy atom. The fourth-order valence-electron chi connectivity index (χ4n) is 3.82. The normalized spacial score (nSPS) is 10.8. The van der Waals surface area contributed by atoms with Crippen LogP contribution in [0.25, 0.3) is 0 Å². The highest BCUT2D eigenvalue weighted by Crippen LogP contribution is 2.28. The van der Waals surface area contributed by atoms with Crippen LogP contribution in [0.1, 0.15) is 92.9 Å². The third-order valence-electron chi connectivity index (χ3n) is 5.83. The number of hydrogen-bond donors (Lipinski definition) is 2. The molecule has 2 aromatic rings. The van der Waals surface area contributed by atoms with Gasteiger partial charge in [-0.15, -0.1) is 0 Å². The Hall–Kier alpha value is -3.06. The van der Waals surface area contributed by atoms with Crippen LogP contribution in [-0.4, -0.2) is 44.8 Å². The first-order valence-corrected chi connectivity index (χ1v) is 13.6. The van der Waals surface area contributed by atoms with E-state index in [0.29, 0.717) is 42.3 Å². The zero-order valence-electron chi connectivity index (χ0n) is 22.9. The van der Waals surface area contributed by atoms with Gasteiger partial charge in [-0.25, -0.2) is 0 Å². The number of benzene rings is 2. The van der Waals surface area contributed by atoms with E-state index in [1.807, 2.05) is 26.0 Å². The molecule has 7 nitrogen and oxygen atoms in total. The Kier molecular flexibility index (Phi) is 14.2. The van der Waals surface area contributed by atoms with Crippen LogP contribution in [0.15, 0.2) is 42.5 Å². The van der Waals surface area contributed by atoms with Gasteiger partial charge in [0.2, 0.25) is 0 Å². The van der Waals surface area contributed by atoms with Crippen molar-refractivity contribution in [2.45, 2.75) is 78.2 Å². The van der Waals surface area contributed by atoms with Crippen LogP contribution in [0.4, 0.5) is 5.69 Å². The maximum atomic E-state index is 13.0. The van der Waals surface area contributed by atoms with Crippen LogP contribution in [0.2, 0.25) is 0 Å². The second-order valence-electron chi connectivity index (χ2n) is 9.43. The van der Waals surface area contributed by atoms with Crippen LogP contribution in [0.5, 0.6) is 11.5 Å². The molecule has 0 radical (unpaired) electrons. The fourth-order valence-corrected chi connectivity index (χ4v) is 3.82. The van der Waals surface area contributed by atoms with Gasteiger partial charge < -0.3 is 24.8 Å². The van der Waals surface area contributed by atoms with Crippen molar-refractivity contribution in [2.24, 2.45) is 0 Å². The van der Waals surface area contributed by atoms with Crippen LogP contribution in [0, 0.1) is 0 Å². The predicted octanol–water partition coefficient (Wildman–Crippen LogP) is 6.62. The molecule has 0 aliphatic heterocycles. The van der Waals surface area contributed by atoms with Gasteiger partial charge in [0.25, 0.3) is 11.8 Å². The average Bonchev–Trinajstić information content (AvgIpc) is 2.88. The molecule has 0 fully saturated rings. The van der Waals surface area contributed by atoms with Crippen LogP contribution >= 0.6 is 0 Å². The summed E-state index contributed by atoms with van der Waals surface area (Å²) in [5, 5.41) is 5.67. The van der Waals surface area contributed by atoms with Gasteiger partial charge in [0.05, 0.1) is 25.0 Å². The van der Waals surface area contributed by atoms with Gasteiger partial charge in [0, 0.05) is 24.8 Å². The summed E-state index contributed by atoms with van der Waals surface area (Å²) in [4.78, 5) is 25.4. The summed E-state index contributed by atoms with van der Waals surface area (Å²) in [6, 6.07) is 12.1. The van der Waals surface area contributed by atoms with E-state index in [0.717, 1.165) is 12.2 Å². The molecule has 0 aromatic heterocycles. The molecule has 0 bridgehead atoms. The Morgan fingerprint density at radius 3 is 2.11 bits per heavy atom. The van der Waals surface area contributed by atoms with Crippen molar-refractivity contribution in [2.75, 3.05) is 32.2 Å². The van der Waals surface area contributed by atoms with Crippen molar-refractivity contribution in [3.05, 3.63) is 53.6 Å². The second-order valence-corrected chi connectivity index (χ2v) is 9.43. The molecule has 0 aliphatic carbocycles. The van der Waals surface area contributed by atoms with Crippen LogP contribution in [-0.2, 0) is 4.74 Å². The first-order valence-electron chi connectivity index (χ1n) is 13.6. The van der Waals surface area contributed by atoms with Gasteiger partial charge in [-0.2, -0.15) is 0 Å². The first-order chi connectivity index (χ1) is 17.9. The Labute approximate surface area is 222 Å². The number of rotatable bonds is 18. The molecule has 2 aromatic carbocycles. The van der Waals surface area contributed by atoms with E-state index in [4.69, 9.17) is 14.2 Å². The highest BCUT2D eigenvalue weighted by atomic mass is 16.5. The number of carbonyl (C=O) groups is 2. The van der Waals surface area contributed by atoms with Crippen molar-refractivity contribution in [1.82, 2.24) is 5.32 Å². The molecule has 0 saturated heterocycles. The summed E-state index contributed by atoms with van der Waals surface area (Å²) >= 11 is 0. The van der Waals surface area contributed by atoms with Crippen molar-refractivity contribution in [1.29, 1.82) is 0 Å². The summed E-state index contributed by atoms with van der Waals surface area (Å²) in [6.07, 6.45) is 9.96. The summed E-state index contributed by atoms with van der Waals surface area (Å²) in [5.41, 5.74) is 1.35. The number of methoxy groups -OCH3 is 1. The van der Waals surface area contributed by atoms with Gasteiger partial charge in [-0.3, -0.25) is 9.59 Å². The standard InChI is InChI=1S/C30H44N2O5/c1-5-6-7-8-9-10-11-12-20-36-26-16-13-24(14-17-26)30(34)32-27-22-25(29(33)31-19-21-35-4)15-18-28(27)37-23(2)3/h13-18,22-23H,5-12,19-21H2,1-4H3,(H,31,33)(H,32,34). The minimum absolute atomic E-state index is 0.0884. The number of amides is 2. The van der Waals surface area contributed by atoms with E-state index in [1.54, 1.807) is 37.4 Å². The molecule has 7 heteroatoms. The van der Waals surface area contributed by atoms with E-state index in [-0.39, 0.29) is 17.9 Å². The smallest absolute Gasteiger partial charge is 0.255 e. The molecular weight excluding hydrogens is 468 g/mol.